The largest absolute Gasteiger partial charge is 0.394 e. The van der Waals surface area contributed by atoms with Gasteiger partial charge in [-0.3, -0.25) is 18.9 Å². The summed E-state index contributed by atoms with van der Waals surface area (Å²) in [6, 6.07) is 9.49. The molecule has 0 saturated carbocycles. The third kappa shape index (κ3) is 4.22. The highest BCUT2D eigenvalue weighted by molar-refractivity contribution is 5.80. The van der Waals surface area contributed by atoms with Crippen LogP contribution in [-0.2, 0) is 17.8 Å². The van der Waals surface area contributed by atoms with Crippen LogP contribution < -0.4 is 17.0 Å². The number of benzene rings is 1. The highest BCUT2D eigenvalue weighted by Crippen LogP contribution is 2.27. The molecule has 2 heterocycles. The Hall–Kier alpha value is -2.75. The van der Waals surface area contributed by atoms with Gasteiger partial charge in [-0.25, -0.2) is 4.79 Å². The third-order valence-electron chi connectivity index (χ3n) is 4.69. The normalized spacial score (nSPS) is 22.5. The van der Waals surface area contributed by atoms with E-state index in [1.54, 1.807) is 6.92 Å². The van der Waals surface area contributed by atoms with Crippen molar-refractivity contribution in [2.24, 2.45) is 10.7 Å². The number of hydrogen-bond donors (Lipinski definition) is 3. The molecule has 1 fully saturated rings. The molecule has 0 radical (unpaired) electrons. The fraction of sp³-hybridized carbons (Fsp3) is 0.421. The van der Waals surface area contributed by atoms with E-state index in [0.717, 1.165) is 10.1 Å². The van der Waals surface area contributed by atoms with Crippen LogP contribution in [-0.4, -0.2) is 44.0 Å². The van der Waals surface area contributed by atoms with E-state index < -0.39 is 29.7 Å². The van der Waals surface area contributed by atoms with Gasteiger partial charge in [0.15, 0.2) is 0 Å². The Morgan fingerprint density at radius 1 is 1.32 bits per heavy atom. The molecule has 0 amide bonds. The van der Waals surface area contributed by atoms with Gasteiger partial charge in [0.25, 0.3) is 5.56 Å². The van der Waals surface area contributed by atoms with Gasteiger partial charge in [-0.2, -0.15) is 0 Å². The Morgan fingerprint density at radius 3 is 2.68 bits per heavy atom. The molecule has 28 heavy (non-hydrogen) atoms. The number of aryl methyl sites for hydroxylation is 1. The monoisotopic (exact) mass is 388 g/mol. The first-order valence-corrected chi connectivity index (χ1v) is 9.00. The predicted octanol–water partition coefficient (Wildman–Crippen LogP) is -0.483. The summed E-state index contributed by atoms with van der Waals surface area (Å²) in [6.07, 6.45) is -0.890. The fourth-order valence-corrected chi connectivity index (χ4v) is 3.14. The first kappa shape index (κ1) is 20.0. The van der Waals surface area contributed by atoms with Crippen LogP contribution in [0.15, 0.2) is 51.1 Å². The average Bonchev–Trinajstić information content (AvgIpc) is 3.07. The van der Waals surface area contributed by atoms with E-state index in [1.165, 1.54) is 10.8 Å². The lowest BCUT2D eigenvalue weighted by Gasteiger charge is -2.17. The molecule has 0 aliphatic carbocycles. The van der Waals surface area contributed by atoms with Crippen LogP contribution >= 0.6 is 0 Å². The van der Waals surface area contributed by atoms with Gasteiger partial charge < -0.3 is 20.7 Å². The number of aliphatic hydroxyl groups is 2. The number of rotatable bonds is 6. The van der Waals surface area contributed by atoms with E-state index in [0.29, 0.717) is 12.1 Å². The van der Waals surface area contributed by atoms with Crippen molar-refractivity contribution in [2.45, 2.75) is 44.9 Å². The maximum absolute atomic E-state index is 12.8. The van der Waals surface area contributed by atoms with Crippen LogP contribution in [0, 0.1) is 6.92 Å². The quantitative estimate of drug-likeness (QED) is 0.452. The summed E-state index contributed by atoms with van der Waals surface area (Å²) in [5.41, 5.74) is 6.17. The summed E-state index contributed by atoms with van der Waals surface area (Å²) in [4.78, 5) is 29.5. The van der Waals surface area contributed by atoms with E-state index in [2.05, 4.69) is 4.99 Å². The maximum Gasteiger partial charge on any atom is 0.333 e. The lowest BCUT2D eigenvalue weighted by molar-refractivity contribution is -0.0463. The molecule has 1 aromatic carbocycles. The molecular weight excluding hydrogens is 364 g/mol. The highest BCUT2D eigenvalue weighted by atomic mass is 16.5. The minimum atomic E-state index is -0.889. The van der Waals surface area contributed by atoms with E-state index in [9.17, 15) is 19.8 Å². The van der Waals surface area contributed by atoms with Gasteiger partial charge in [0, 0.05) is 18.2 Å². The Balaban J connectivity index is 1.86. The number of nitrogens with zero attached hydrogens (tertiary/aromatic N) is 3. The van der Waals surface area contributed by atoms with Crippen LogP contribution in [0.3, 0.4) is 0 Å². The first-order chi connectivity index (χ1) is 13.4. The Labute approximate surface area is 161 Å². The van der Waals surface area contributed by atoms with Crippen molar-refractivity contribution in [1.29, 1.82) is 0 Å². The molecule has 3 rings (SSSR count). The van der Waals surface area contributed by atoms with Gasteiger partial charge in [0.1, 0.15) is 18.2 Å². The zero-order valence-corrected chi connectivity index (χ0v) is 15.6. The lowest BCUT2D eigenvalue weighted by Crippen LogP contribution is -2.44. The number of aliphatic hydroxyl groups excluding tert-OH is 2. The number of nitrogens with two attached hydrogens (primary N) is 1. The molecule has 2 aromatic rings. The number of ether oxygens (including phenoxy) is 1. The molecule has 150 valence electrons. The molecule has 1 aliphatic rings. The Kier molecular flexibility index (Phi) is 6.08. The Bertz CT molecular complexity index is 967. The minimum absolute atomic E-state index is 0.139. The van der Waals surface area contributed by atoms with E-state index in [4.69, 9.17) is 10.5 Å². The van der Waals surface area contributed by atoms with Gasteiger partial charge in [0.2, 0.25) is 0 Å². The molecule has 1 aliphatic heterocycles. The first-order valence-electron chi connectivity index (χ1n) is 9.00. The van der Waals surface area contributed by atoms with Crippen molar-refractivity contribution in [3.05, 3.63) is 68.5 Å². The molecule has 0 spiro atoms. The number of hydrogen-bond acceptors (Lipinski definition) is 6. The lowest BCUT2D eigenvalue weighted by atomic mass is 10.2. The molecule has 0 unspecified atom stereocenters. The zero-order valence-electron chi connectivity index (χ0n) is 15.6. The standard InChI is InChI=1S/C19H24N4O5/c1-12-9-22(17-7-14(25)15(11-24)28-17)19(27)23(18(12)26)10-16(20)21-8-13-5-3-2-4-6-13/h2-6,9,14-15,17,24-25H,7-8,10-11H2,1H3,(H2,20,21)/t14-,15+,17+/m0/s1. The van der Waals surface area contributed by atoms with Gasteiger partial charge in [-0.15, -0.1) is 0 Å². The molecule has 0 bridgehead atoms. The van der Waals surface area contributed by atoms with Crippen LogP contribution in [0.4, 0.5) is 0 Å². The highest BCUT2D eigenvalue weighted by Gasteiger charge is 2.35. The van der Waals surface area contributed by atoms with Crippen molar-refractivity contribution >= 4 is 5.84 Å². The van der Waals surface area contributed by atoms with Crippen LogP contribution in [0.1, 0.15) is 23.8 Å². The molecule has 9 heteroatoms. The number of amidine groups is 1. The van der Waals surface area contributed by atoms with Crippen LogP contribution in [0.2, 0.25) is 0 Å². The van der Waals surface area contributed by atoms with E-state index in [-0.39, 0.29) is 25.4 Å². The average molecular weight is 388 g/mol. The number of aliphatic imine (C=N–C) groups is 1. The SMILES string of the molecule is Cc1cn([C@H]2C[C@H](O)[C@@H](CO)O2)c(=O)n(CC(N)=NCc2ccccc2)c1=O. The predicted molar refractivity (Wildman–Crippen MR) is 103 cm³/mol. The minimum Gasteiger partial charge on any atom is -0.394 e. The van der Waals surface area contributed by atoms with E-state index in [1.807, 2.05) is 30.3 Å². The third-order valence-corrected chi connectivity index (χ3v) is 4.69. The van der Waals surface area contributed by atoms with E-state index >= 15 is 0 Å². The van der Waals surface area contributed by atoms with Crippen molar-refractivity contribution in [1.82, 2.24) is 9.13 Å². The second-order valence-electron chi connectivity index (χ2n) is 6.80. The summed E-state index contributed by atoms with van der Waals surface area (Å²) in [5, 5.41) is 19.2. The summed E-state index contributed by atoms with van der Waals surface area (Å²) >= 11 is 0. The summed E-state index contributed by atoms with van der Waals surface area (Å²) < 4.78 is 7.79. The van der Waals surface area contributed by atoms with Gasteiger partial charge in [-0.1, -0.05) is 30.3 Å². The van der Waals surface area contributed by atoms with Gasteiger partial charge in [-0.05, 0) is 12.5 Å². The second kappa shape index (κ2) is 8.51. The van der Waals surface area contributed by atoms with Gasteiger partial charge in [0.05, 0.1) is 25.8 Å². The van der Waals surface area contributed by atoms with Crippen LogP contribution in [0.25, 0.3) is 0 Å². The molecule has 4 N–H and O–H groups in total. The molecule has 3 atom stereocenters. The number of aromatic nitrogens is 2. The topological polar surface area (TPSA) is 132 Å². The van der Waals surface area contributed by atoms with Crippen molar-refractivity contribution in [3.8, 4) is 0 Å². The summed E-state index contributed by atoms with van der Waals surface area (Å²) in [6.45, 7) is 1.42. The zero-order chi connectivity index (χ0) is 20.3. The molecule has 9 nitrogen and oxygen atoms in total. The van der Waals surface area contributed by atoms with Crippen molar-refractivity contribution in [2.75, 3.05) is 6.61 Å². The molecule has 1 saturated heterocycles. The molecular formula is C19H24N4O5. The smallest absolute Gasteiger partial charge is 0.333 e. The van der Waals surface area contributed by atoms with Crippen molar-refractivity contribution < 1.29 is 14.9 Å². The summed E-state index contributed by atoms with van der Waals surface area (Å²) in [7, 11) is 0. The second-order valence-corrected chi connectivity index (χ2v) is 6.80. The van der Waals surface area contributed by atoms with Gasteiger partial charge >= 0.3 is 5.69 Å². The molecule has 1 aromatic heterocycles. The fourth-order valence-electron chi connectivity index (χ4n) is 3.14. The summed E-state index contributed by atoms with van der Waals surface area (Å²) in [5.74, 6) is 0.154. The Morgan fingerprint density at radius 2 is 2.04 bits per heavy atom. The van der Waals surface area contributed by atoms with Crippen molar-refractivity contribution in [3.63, 3.8) is 0 Å². The maximum atomic E-state index is 12.8. The van der Waals surface area contributed by atoms with Crippen LogP contribution in [0.5, 0.6) is 0 Å².